The molecule has 3 N–H and O–H groups in total. The Kier molecular flexibility index (Phi) is 4.78. The van der Waals surface area contributed by atoms with E-state index in [2.05, 4.69) is 5.32 Å². The fraction of sp³-hybridized carbons (Fsp3) is 0.545. The van der Waals surface area contributed by atoms with E-state index in [9.17, 15) is 4.79 Å². The number of hydrogen-bond donors (Lipinski definition) is 2. The number of nitrogens with one attached hydrogen (secondary N) is 1. The molecule has 1 unspecified atom stereocenters. The zero-order chi connectivity index (χ0) is 11.3. The van der Waals surface area contributed by atoms with Crippen LogP contribution in [0.4, 0.5) is 0 Å². The van der Waals surface area contributed by atoms with Gasteiger partial charge >= 0.3 is 0 Å². The summed E-state index contributed by atoms with van der Waals surface area (Å²) < 4.78 is 0. The number of nitrogens with two attached hydrogens (primary N) is 1. The SMILES string of the molecule is Cc1ccc(CC(=O)NCC(C)CN)s1. The number of amides is 1. The van der Waals surface area contributed by atoms with Crippen LogP contribution in [0, 0.1) is 12.8 Å². The molecule has 0 radical (unpaired) electrons. The molecule has 0 aliphatic heterocycles. The first-order valence-electron chi connectivity index (χ1n) is 5.14. The maximum absolute atomic E-state index is 11.5. The second kappa shape index (κ2) is 5.88. The topological polar surface area (TPSA) is 55.1 Å². The Bertz CT molecular complexity index is 322. The smallest absolute Gasteiger partial charge is 0.225 e. The minimum Gasteiger partial charge on any atom is -0.355 e. The average Bonchev–Trinajstić information content (AvgIpc) is 2.60. The lowest BCUT2D eigenvalue weighted by Gasteiger charge is -2.09. The Labute approximate surface area is 94.7 Å². The Balaban J connectivity index is 2.30. The molecule has 0 spiro atoms. The molecule has 0 saturated heterocycles. The molecule has 0 fully saturated rings. The van der Waals surface area contributed by atoms with Gasteiger partial charge in [0, 0.05) is 16.3 Å². The van der Waals surface area contributed by atoms with Gasteiger partial charge in [0.05, 0.1) is 6.42 Å². The molecule has 0 aromatic carbocycles. The molecule has 15 heavy (non-hydrogen) atoms. The fourth-order valence-corrected chi connectivity index (χ4v) is 2.06. The van der Waals surface area contributed by atoms with E-state index in [1.165, 1.54) is 4.88 Å². The lowest BCUT2D eigenvalue weighted by atomic mass is 10.2. The zero-order valence-electron chi connectivity index (χ0n) is 9.25. The van der Waals surface area contributed by atoms with E-state index >= 15 is 0 Å². The predicted molar refractivity (Wildman–Crippen MR) is 64.0 cm³/mol. The Hall–Kier alpha value is -0.870. The Morgan fingerprint density at radius 2 is 2.33 bits per heavy atom. The molecule has 84 valence electrons. The Morgan fingerprint density at radius 1 is 1.60 bits per heavy atom. The number of aryl methyl sites for hydroxylation is 1. The minimum absolute atomic E-state index is 0.0807. The summed E-state index contributed by atoms with van der Waals surface area (Å²) in [6.07, 6.45) is 0.482. The Morgan fingerprint density at radius 3 is 2.87 bits per heavy atom. The van der Waals surface area contributed by atoms with Gasteiger partial charge in [-0.25, -0.2) is 0 Å². The molecule has 1 amide bonds. The number of rotatable bonds is 5. The summed E-state index contributed by atoms with van der Waals surface area (Å²) in [5.41, 5.74) is 5.46. The number of hydrogen-bond acceptors (Lipinski definition) is 3. The van der Waals surface area contributed by atoms with Crippen LogP contribution in [0.3, 0.4) is 0 Å². The molecule has 0 bridgehead atoms. The lowest BCUT2D eigenvalue weighted by Crippen LogP contribution is -2.32. The molecule has 1 atom stereocenters. The third-order valence-electron chi connectivity index (χ3n) is 2.18. The van der Waals surface area contributed by atoms with Crippen LogP contribution in [0.2, 0.25) is 0 Å². The number of carbonyl (C=O) groups is 1. The normalized spacial score (nSPS) is 12.5. The molecule has 1 aromatic rings. The van der Waals surface area contributed by atoms with Crippen molar-refractivity contribution >= 4 is 17.2 Å². The first kappa shape index (κ1) is 12.2. The van der Waals surface area contributed by atoms with Crippen LogP contribution < -0.4 is 11.1 Å². The zero-order valence-corrected chi connectivity index (χ0v) is 10.1. The van der Waals surface area contributed by atoms with E-state index in [1.54, 1.807) is 11.3 Å². The van der Waals surface area contributed by atoms with Gasteiger partial charge in [0.1, 0.15) is 0 Å². The summed E-state index contributed by atoms with van der Waals surface area (Å²) in [6.45, 7) is 5.34. The van der Waals surface area contributed by atoms with Gasteiger partial charge in [-0.3, -0.25) is 4.79 Å². The van der Waals surface area contributed by atoms with E-state index in [4.69, 9.17) is 5.73 Å². The van der Waals surface area contributed by atoms with Crippen LogP contribution in [0.15, 0.2) is 12.1 Å². The van der Waals surface area contributed by atoms with Crippen molar-refractivity contribution in [2.24, 2.45) is 11.7 Å². The summed E-state index contributed by atoms with van der Waals surface area (Å²) in [5.74, 6) is 0.427. The maximum Gasteiger partial charge on any atom is 0.225 e. The van der Waals surface area contributed by atoms with Gasteiger partial charge in [0.2, 0.25) is 5.91 Å². The molecular weight excluding hydrogens is 208 g/mol. The van der Waals surface area contributed by atoms with Crippen molar-refractivity contribution in [3.8, 4) is 0 Å². The summed E-state index contributed by atoms with van der Waals surface area (Å²) in [5, 5.41) is 2.88. The second-order valence-corrected chi connectivity index (χ2v) is 5.21. The largest absolute Gasteiger partial charge is 0.355 e. The van der Waals surface area contributed by atoms with Crippen molar-refractivity contribution in [2.45, 2.75) is 20.3 Å². The molecular formula is C11H18N2OS. The highest BCUT2D eigenvalue weighted by Gasteiger charge is 2.06. The van der Waals surface area contributed by atoms with Crippen LogP contribution in [0.5, 0.6) is 0 Å². The highest BCUT2D eigenvalue weighted by atomic mass is 32.1. The number of thiophene rings is 1. The van der Waals surface area contributed by atoms with Gasteiger partial charge in [-0.15, -0.1) is 11.3 Å². The van der Waals surface area contributed by atoms with E-state index in [-0.39, 0.29) is 5.91 Å². The third kappa shape index (κ3) is 4.44. The van der Waals surface area contributed by atoms with Crippen LogP contribution in [0.25, 0.3) is 0 Å². The highest BCUT2D eigenvalue weighted by molar-refractivity contribution is 7.12. The first-order chi connectivity index (χ1) is 7.11. The first-order valence-corrected chi connectivity index (χ1v) is 5.95. The molecule has 0 saturated carbocycles. The summed E-state index contributed by atoms with van der Waals surface area (Å²) >= 11 is 1.67. The van der Waals surface area contributed by atoms with Gasteiger partial charge < -0.3 is 11.1 Å². The molecule has 0 aliphatic carbocycles. The fourth-order valence-electron chi connectivity index (χ4n) is 1.17. The molecule has 3 nitrogen and oxygen atoms in total. The maximum atomic E-state index is 11.5. The van der Waals surface area contributed by atoms with E-state index in [0.717, 1.165) is 4.88 Å². The van der Waals surface area contributed by atoms with E-state index < -0.39 is 0 Å². The monoisotopic (exact) mass is 226 g/mol. The molecule has 0 aliphatic rings. The van der Waals surface area contributed by atoms with E-state index in [1.807, 2.05) is 26.0 Å². The predicted octanol–water partition coefficient (Wildman–Crippen LogP) is 1.31. The van der Waals surface area contributed by atoms with Gasteiger partial charge in [-0.1, -0.05) is 6.92 Å². The minimum atomic E-state index is 0.0807. The summed E-state index contributed by atoms with van der Waals surface area (Å²) in [4.78, 5) is 13.9. The van der Waals surface area contributed by atoms with Crippen LogP contribution >= 0.6 is 11.3 Å². The summed E-state index contributed by atoms with van der Waals surface area (Å²) in [7, 11) is 0. The third-order valence-corrected chi connectivity index (χ3v) is 3.18. The van der Waals surface area contributed by atoms with Crippen molar-refractivity contribution < 1.29 is 4.79 Å². The molecule has 1 rings (SSSR count). The van der Waals surface area contributed by atoms with Crippen molar-refractivity contribution in [3.05, 3.63) is 21.9 Å². The second-order valence-electron chi connectivity index (χ2n) is 3.83. The van der Waals surface area contributed by atoms with Crippen molar-refractivity contribution in [1.29, 1.82) is 0 Å². The van der Waals surface area contributed by atoms with Crippen LogP contribution in [0.1, 0.15) is 16.7 Å². The van der Waals surface area contributed by atoms with Gasteiger partial charge in [-0.05, 0) is 31.5 Å². The standard InChI is InChI=1S/C11H18N2OS/c1-8(6-12)7-13-11(14)5-10-4-3-9(2)15-10/h3-4,8H,5-7,12H2,1-2H3,(H,13,14). The van der Waals surface area contributed by atoms with Crippen molar-refractivity contribution in [3.63, 3.8) is 0 Å². The quantitative estimate of drug-likeness (QED) is 0.795. The molecule has 4 heteroatoms. The molecule has 1 aromatic heterocycles. The highest BCUT2D eigenvalue weighted by Crippen LogP contribution is 2.15. The average molecular weight is 226 g/mol. The lowest BCUT2D eigenvalue weighted by molar-refractivity contribution is -0.120. The molecule has 1 heterocycles. The summed E-state index contributed by atoms with van der Waals surface area (Å²) in [6, 6.07) is 4.04. The number of carbonyl (C=O) groups excluding carboxylic acids is 1. The van der Waals surface area contributed by atoms with Crippen molar-refractivity contribution in [2.75, 3.05) is 13.1 Å². The van der Waals surface area contributed by atoms with Gasteiger partial charge in [0.15, 0.2) is 0 Å². The van der Waals surface area contributed by atoms with Crippen LogP contribution in [-0.4, -0.2) is 19.0 Å². The van der Waals surface area contributed by atoms with Gasteiger partial charge in [0.25, 0.3) is 0 Å². The van der Waals surface area contributed by atoms with Crippen molar-refractivity contribution in [1.82, 2.24) is 5.32 Å². The van der Waals surface area contributed by atoms with Gasteiger partial charge in [-0.2, -0.15) is 0 Å². The van der Waals surface area contributed by atoms with Crippen LogP contribution in [-0.2, 0) is 11.2 Å². The van der Waals surface area contributed by atoms with E-state index in [0.29, 0.717) is 25.4 Å².